The van der Waals surface area contributed by atoms with Crippen LogP contribution in [0.4, 0.5) is 0 Å². The van der Waals surface area contributed by atoms with E-state index < -0.39 is 58.3 Å². The van der Waals surface area contributed by atoms with Crippen molar-refractivity contribution in [3.8, 4) is 5.75 Å². The molecule has 0 saturated heterocycles. The van der Waals surface area contributed by atoms with Gasteiger partial charge in [0.25, 0.3) is 0 Å². The van der Waals surface area contributed by atoms with Crippen LogP contribution in [0, 0.1) is 18.3 Å². The van der Waals surface area contributed by atoms with E-state index in [1.165, 1.54) is 39.0 Å². The van der Waals surface area contributed by atoms with Crippen LogP contribution >= 0.6 is 0 Å². The molecule has 2 aliphatic heterocycles. The number of carbonyl (C=O) groups excluding carboxylic acids is 5. The molecule has 0 radical (unpaired) electrons. The minimum absolute atomic E-state index is 0.0211. The SMILES string of the molecule is CCC1C=CC(C(C)O)OC(=O)C2(C)C=CC(=O)NC3=C2C(=O)c2c(cc(C)c(O)c2C(=O)CC1)C3=O. The quantitative estimate of drug-likeness (QED) is 0.409. The highest BCUT2D eigenvalue weighted by Crippen LogP contribution is 2.44. The van der Waals surface area contributed by atoms with E-state index in [-0.39, 0.29) is 40.2 Å². The van der Waals surface area contributed by atoms with Gasteiger partial charge in [0.15, 0.2) is 11.6 Å². The first-order valence-electron chi connectivity index (χ1n) is 12.2. The molecule has 9 nitrogen and oxygen atoms in total. The molecule has 0 fully saturated rings. The zero-order valence-electron chi connectivity index (χ0n) is 21.1. The number of hydrogen-bond donors (Lipinski definition) is 3. The molecule has 1 aromatic rings. The molecule has 2 heterocycles. The fraction of sp³-hybridized carbons (Fsp3) is 0.393. The normalized spacial score (nSPS) is 26.9. The van der Waals surface area contributed by atoms with Crippen molar-refractivity contribution >= 4 is 29.2 Å². The predicted octanol–water partition coefficient (Wildman–Crippen LogP) is 2.88. The molecular formula is C28H29NO8. The summed E-state index contributed by atoms with van der Waals surface area (Å²) >= 11 is 0. The van der Waals surface area contributed by atoms with Crippen LogP contribution in [0.2, 0.25) is 0 Å². The molecule has 2 bridgehead atoms. The van der Waals surface area contributed by atoms with Gasteiger partial charge in [-0.15, -0.1) is 0 Å². The summed E-state index contributed by atoms with van der Waals surface area (Å²) in [5.41, 5.74) is -3.17. The lowest BCUT2D eigenvalue weighted by Gasteiger charge is -2.32. The van der Waals surface area contributed by atoms with Crippen molar-refractivity contribution < 1.29 is 38.9 Å². The maximum Gasteiger partial charge on any atom is 0.321 e. The van der Waals surface area contributed by atoms with E-state index in [9.17, 15) is 34.2 Å². The fourth-order valence-electron chi connectivity index (χ4n) is 4.94. The van der Waals surface area contributed by atoms with Gasteiger partial charge in [0.05, 0.1) is 17.4 Å². The monoisotopic (exact) mass is 507 g/mol. The summed E-state index contributed by atoms with van der Waals surface area (Å²) in [5, 5.41) is 23.6. The van der Waals surface area contributed by atoms with E-state index in [2.05, 4.69) is 5.32 Å². The molecule has 4 atom stereocenters. The lowest BCUT2D eigenvalue weighted by atomic mass is 9.71. The fourth-order valence-corrected chi connectivity index (χ4v) is 4.94. The number of ketones is 3. The number of rotatable bonds is 2. The summed E-state index contributed by atoms with van der Waals surface area (Å²) in [7, 11) is 0. The zero-order chi connectivity index (χ0) is 27.2. The lowest BCUT2D eigenvalue weighted by molar-refractivity contribution is -0.157. The first-order valence-corrected chi connectivity index (χ1v) is 12.2. The Balaban J connectivity index is 2.04. The molecule has 1 aromatic carbocycles. The molecule has 37 heavy (non-hydrogen) atoms. The van der Waals surface area contributed by atoms with Crippen LogP contribution in [-0.2, 0) is 14.3 Å². The van der Waals surface area contributed by atoms with Crippen molar-refractivity contribution in [2.24, 2.45) is 11.3 Å². The minimum atomic E-state index is -1.92. The Kier molecular flexibility index (Phi) is 6.77. The molecular weight excluding hydrogens is 478 g/mol. The number of carbonyl (C=O) groups is 5. The van der Waals surface area contributed by atoms with Crippen molar-refractivity contribution in [1.29, 1.82) is 0 Å². The number of phenolic OH excluding ortho intramolecular Hbond substituents is 1. The van der Waals surface area contributed by atoms with Crippen molar-refractivity contribution in [3.05, 3.63) is 63.9 Å². The Labute approximate surface area is 213 Å². The average Bonchev–Trinajstić information content (AvgIpc) is 2.98. The number of esters is 1. The Morgan fingerprint density at radius 2 is 1.84 bits per heavy atom. The van der Waals surface area contributed by atoms with Crippen molar-refractivity contribution in [1.82, 2.24) is 5.32 Å². The van der Waals surface area contributed by atoms with Gasteiger partial charge >= 0.3 is 5.97 Å². The largest absolute Gasteiger partial charge is 0.507 e. The Hall–Kier alpha value is -3.85. The average molecular weight is 508 g/mol. The van der Waals surface area contributed by atoms with Crippen molar-refractivity contribution in [3.63, 3.8) is 0 Å². The van der Waals surface area contributed by atoms with Gasteiger partial charge in [-0.1, -0.05) is 19.1 Å². The number of phenols is 1. The molecule has 4 rings (SSSR count). The number of amides is 1. The number of cyclic esters (lactones) is 1. The third-order valence-electron chi connectivity index (χ3n) is 7.26. The van der Waals surface area contributed by atoms with Crippen molar-refractivity contribution in [2.75, 3.05) is 0 Å². The maximum absolute atomic E-state index is 14.1. The summed E-state index contributed by atoms with van der Waals surface area (Å²) in [6.45, 7) is 6.20. The number of aromatic hydroxyl groups is 1. The number of aryl methyl sites for hydroxylation is 1. The van der Waals surface area contributed by atoms with Crippen LogP contribution in [-0.4, -0.2) is 51.6 Å². The number of benzene rings is 1. The number of aliphatic hydroxyl groups is 1. The number of hydrogen-bond acceptors (Lipinski definition) is 8. The van der Waals surface area contributed by atoms with E-state index in [1.54, 1.807) is 6.08 Å². The molecule has 3 N–H and O–H groups in total. The second-order valence-electron chi connectivity index (χ2n) is 9.90. The van der Waals surface area contributed by atoms with Crippen LogP contribution in [0.5, 0.6) is 5.75 Å². The van der Waals surface area contributed by atoms with Gasteiger partial charge in [0.2, 0.25) is 11.7 Å². The van der Waals surface area contributed by atoms with E-state index in [0.717, 1.165) is 6.08 Å². The third kappa shape index (κ3) is 4.33. The Morgan fingerprint density at radius 1 is 1.14 bits per heavy atom. The molecule has 4 unspecified atom stereocenters. The van der Waals surface area contributed by atoms with Gasteiger partial charge < -0.3 is 20.3 Å². The van der Waals surface area contributed by atoms with E-state index in [0.29, 0.717) is 12.8 Å². The molecule has 1 amide bonds. The van der Waals surface area contributed by atoms with Gasteiger partial charge in [0.1, 0.15) is 17.3 Å². The highest BCUT2D eigenvalue weighted by atomic mass is 16.6. The summed E-state index contributed by atoms with van der Waals surface area (Å²) in [5.74, 6) is -4.35. The van der Waals surface area contributed by atoms with Gasteiger partial charge in [-0.2, -0.15) is 0 Å². The minimum Gasteiger partial charge on any atom is -0.507 e. The summed E-state index contributed by atoms with van der Waals surface area (Å²) in [6.07, 6.45) is 4.31. The van der Waals surface area contributed by atoms with E-state index in [1.807, 2.05) is 6.92 Å². The third-order valence-corrected chi connectivity index (χ3v) is 7.26. The van der Waals surface area contributed by atoms with Gasteiger partial charge in [0, 0.05) is 29.2 Å². The topological polar surface area (TPSA) is 147 Å². The highest BCUT2D eigenvalue weighted by Gasteiger charge is 2.50. The maximum atomic E-state index is 14.1. The lowest BCUT2D eigenvalue weighted by Crippen LogP contribution is -2.42. The van der Waals surface area contributed by atoms with Gasteiger partial charge in [-0.05, 0) is 57.2 Å². The van der Waals surface area contributed by atoms with Crippen LogP contribution in [0.3, 0.4) is 0 Å². The van der Waals surface area contributed by atoms with Crippen LogP contribution in [0.15, 0.2) is 41.6 Å². The smallest absolute Gasteiger partial charge is 0.321 e. The highest BCUT2D eigenvalue weighted by molar-refractivity contribution is 6.32. The Bertz CT molecular complexity index is 1330. The van der Waals surface area contributed by atoms with Crippen LogP contribution < -0.4 is 5.32 Å². The van der Waals surface area contributed by atoms with E-state index >= 15 is 0 Å². The second-order valence-corrected chi connectivity index (χ2v) is 9.90. The van der Waals surface area contributed by atoms with Crippen LogP contribution in [0.1, 0.15) is 76.7 Å². The summed E-state index contributed by atoms with van der Waals surface area (Å²) in [6, 6.07) is 1.30. The first-order chi connectivity index (χ1) is 17.4. The van der Waals surface area contributed by atoms with Crippen LogP contribution in [0.25, 0.3) is 0 Å². The standard InChI is InChI=1S/C28H29NO8/c1-5-15-6-8-17(31)21-20-16(12-13(2)24(21)33)25(34)23-22(26(20)35)28(4,11-10-19(32)29-23)27(36)37-18(9-7-15)14(3)30/h7,9-12,14-15,18,30,33H,5-6,8H2,1-4H3,(H,29,32). The predicted molar refractivity (Wildman–Crippen MR) is 132 cm³/mol. The number of Topliss-reactive ketones (excluding diaryl/α,β-unsaturated/α-hetero) is 3. The number of allylic oxidation sites excluding steroid dienone is 2. The Morgan fingerprint density at radius 3 is 2.49 bits per heavy atom. The summed E-state index contributed by atoms with van der Waals surface area (Å²) in [4.78, 5) is 67.2. The van der Waals surface area contributed by atoms with Gasteiger partial charge in [-0.3, -0.25) is 24.0 Å². The number of aliphatic hydroxyl groups excluding tert-OH is 1. The molecule has 3 aliphatic rings. The van der Waals surface area contributed by atoms with Gasteiger partial charge in [-0.25, -0.2) is 0 Å². The van der Waals surface area contributed by atoms with E-state index in [4.69, 9.17) is 4.74 Å². The number of nitrogens with one attached hydrogen (secondary N) is 1. The van der Waals surface area contributed by atoms with Crippen molar-refractivity contribution in [2.45, 2.75) is 59.2 Å². The molecule has 194 valence electrons. The molecule has 1 aliphatic carbocycles. The first kappa shape index (κ1) is 26.2. The number of ether oxygens (including phenoxy) is 1. The molecule has 0 aromatic heterocycles. The zero-order valence-corrected chi connectivity index (χ0v) is 21.1. The molecule has 0 spiro atoms. The summed E-state index contributed by atoms with van der Waals surface area (Å²) < 4.78 is 5.64. The molecule has 0 saturated carbocycles. The second kappa shape index (κ2) is 9.55. The molecule has 9 heteroatoms.